The Morgan fingerprint density at radius 2 is 1.11 bits per heavy atom. The number of hydrogen-bond donors (Lipinski definition) is 1. The molecule has 12 heteroatoms. The number of alkyl halides is 1. The first kappa shape index (κ1) is 63.8. The van der Waals surface area contributed by atoms with Crippen LogP contribution in [-0.4, -0.2) is 93.8 Å². The minimum Gasteiger partial charge on any atom is -0.457 e. The lowest BCUT2D eigenvalue weighted by Gasteiger charge is -2.43. The van der Waals surface area contributed by atoms with Crippen molar-refractivity contribution in [1.29, 1.82) is 0 Å². The van der Waals surface area contributed by atoms with Crippen molar-refractivity contribution in [3.05, 3.63) is 59.9 Å². The molecular weight excluding hydrogens is 941 g/mol. The van der Waals surface area contributed by atoms with Crippen molar-refractivity contribution in [3.63, 3.8) is 0 Å². The fraction of sp³-hybridized carbons (Fsp3) is 0.790. The maximum atomic E-state index is 16.5. The number of nitrogens with one attached hydrogen (secondary N) is 1. The summed E-state index contributed by atoms with van der Waals surface area (Å²) in [6.07, 6.45) is 25.8. The summed E-state index contributed by atoms with van der Waals surface area (Å²) < 4.78 is 80.6. The summed E-state index contributed by atoms with van der Waals surface area (Å²) in [5.41, 5.74) is 1.28. The van der Waals surface area contributed by atoms with E-state index in [1.165, 1.54) is 101 Å². The number of rotatable bonds is 44. The molecule has 2 aromatic rings. The van der Waals surface area contributed by atoms with Crippen molar-refractivity contribution in [1.82, 2.24) is 5.32 Å². The van der Waals surface area contributed by atoms with Crippen LogP contribution in [0.1, 0.15) is 227 Å². The van der Waals surface area contributed by atoms with Gasteiger partial charge in [-0.1, -0.05) is 175 Å². The summed E-state index contributed by atoms with van der Waals surface area (Å²) in [6.45, 7) is 13.9. The smallest absolute Gasteiger partial charge is 0.220 e. The Hall–Kier alpha value is -2.71. The number of unbranched alkanes of at least 4 members (excludes halogenated alkanes) is 21. The molecule has 10 nitrogen and oxygen atoms in total. The number of benzene rings is 2. The molecule has 424 valence electrons. The maximum Gasteiger partial charge on any atom is 0.220 e. The van der Waals surface area contributed by atoms with E-state index in [0.717, 1.165) is 102 Å². The van der Waals surface area contributed by atoms with Gasteiger partial charge in [0.25, 0.3) is 0 Å². The van der Waals surface area contributed by atoms with Crippen LogP contribution < -0.4 is 10.1 Å². The summed E-state index contributed by atoms with van der Waals surface area (Å²) in [5, 5.41) is 3.34. The third kappa shape index (κ3) is 26.1. The van der Waals surface area contributed by atoms with E-state index in [1.54, 1.807) is 12.1 Å². The minimum atomic E-state index is -1.46. The molecule has 0 aromatic heterocycles. The SMILES string of the molecule is CCCCCCCCCCCCCC[C@H]1OC(C)(C)O[C@H]1[C@H](CO[C@H]1OC(COCCCC)[C@@H](F)C(OCCCC)C1OCCCC)NC(=O)CCCCCCCCCCc1ccc(Oc2ccc(F)cc2)cc1. The number of ether oxygens (including phenoxy) is 8. The average Bonchev–Trinajstić information content (AvgIpc) is 3.71. The minimum absolute atomic E-state index is 0.0434. The molecule has 1 N–H and O–H groups in total. The number of hydrogen-bond acceptors (Lipinski definition) is 9. The molecule has 2 aliphatic heterocycles. The van der Waals surface area contributed by atoms with Crippen LogP contribution in [0.4, 0.5) is 8.78 Å². The second-order valence-corrected chi connectivity index (χ2v) is 21.6. The van der Waals surface area contributed by atoms with Crippen LogP contribution in [0.5, 0.6) is 11.5 Å². The van der Waals surface area contributed by atoms with E-state index in [9.17, 15) is 9.18 Å². The van der Waals surface area contributed by atoms with Gasteiger partial charge in [0.2, 0.25) is 5.91 Å². The van der Waals surface area contributed by atoms with Crippen molar-refractivity contribution in [2.45, 2.75) is 283 Å². The fourth-order valence-corrected chi connectivity index (χ4v) is 10.0. The number of amides is 1. The van der Waals surface area contributed by atoms with Crippen LogP contribution in [0, 0.1) is 5.82 Å². The highest BCUT2D eigenvalue weighted by atomic mass is 19.1. The van der Waals surface area contributed by atoms with Crippen molar-refractivity contribution in [3.8, 4) is 11.5 Å². The van der Waals surface area contributed by atoms with Crippen LogP contribution in [0.15, 0.2) is 48.5 Å². The lowest BCUT2D eigenvalue weighted by atomic mass is 9.98. The summed E-state index contributed by atoms with van der Waals surface area (Å²) in [5.74, 6) is 0.202. The maximum absolute atomic E-state index is 16.5. The Morgan fingerprint density at radius 1 is 0.595 bits per heavy atom. The van der Waals surface area contributed by atoms with E-state index in [1.807, 2.05) is 26.0 Å². The van der Waals surface area contributed by atoms with E-state index in [0.29, 0.717) is 32.0 Å². The zero-order chi connectivity index (χ0) is 53.1. The monoisotopic (exact) mass is 1040 g/mol. The number of carbonyl (C=O) groups is 1. The molecule has 2 fully saturated rings. The first-order chi connectivity index (χ1) is 36.1. The molecule has 0 bridgehead atoms. The van der Waals surface area contributed by atoms with Crippen LogP contribution in [0.25, 0.3) is 0 Å². The first-order valence-corrected chi connectivity index (χ1v) is 30.0. The molecular formula is C62H103F2NO9. The lowest BCUT2D eigenvalue weighted by molar-refractivity contribution is -0.310. The fourth-order valence-electron chi connectivity index (χ4n) is 10.0. The molecule has 2 aromatic carbocycles. The van der Waals surface area contributed by atoms with Crippen LogP contribution >= 0.6 is 0 Å². The normalized spacial score (nSPS) is 22.0. The van der Waals surface area contributed by atoms with Gasteiger partial charge in [0.1, 0.15) is 41.7 Å². The zero-order valence-electron chi connectivity index (χ0n) is 47.2. The van der Waals surface area contributed by atoms with Crippen molar-refractivity contribution < 1.29 is 51.5 Å². The Kier molecular flexibility index (Phi) is 33.4. The van der Waals surface area contributed by atoms with Gasteiger partial charge in [-0.25, -0.2) is 8.78 Å². The second kappa shape index (κ2) is 38.8. The molecule has 0 saturated carbocycles. The van der Waals surface area contributed by atoms with Gasteiger partial charge in [-0.3, -0.25) is 4.79 Å². The second-order valence-electron chi connectivity index (χ2n) is 21.6. The highest BCUT2D eigenvalue weighted by Crippen LogP contribution is 2.35. The van der Waals surface area contributed by atoms with Crippen molar-refractivity contribution in [2.24, 2.45) is 0 Å². The van der Waals surface area contributed by atoms with Gasteiger partial charge in [-0.2, -0.15) is 0 Å². The van der Waals surface area contributed by atoms with E-state index >= 15 is 4.39 Å². The lowest BCUT2D eigenvalue weighted by Crippen LogP contribution is -2.61. The molecule has 74 heavy (non-hydrogen) atoms. The quantitative estimate of drug-likeness (QED) is 0.0650. The van der Waals surface area contributed by atoms with Gasteiger partial charge in [-0.15, -0.1) is 0 Å². The van der Waals surface area contributed by atoms with Gasteiger partial charge in [0, 0.05) is 26.2 Å². The van der Waals surface area contributed by atoms with E-state index in [-0.39, 0.29) is 31.0 Å². The topological polar surface area (TPSA) is 103 Å². The summed E-state index contributed by atoms with van der Waals surface area (Å²) in [4.78, 5) is 13.9. The molecule has 0 aliphatic carbocycles. The van der Waals surface area contributed by atoms with E-state index in [4.69, 9.17) is 37.9 Å². The van der Waals surface area contributed by atoms with Crippen LogP contribution in [-0.2, 0) is 44.4 Å². The number of carbonyl (C=O) groups excluding carboxylic acids is 1. The molecule has 2 heterocycles. The first-order valence-electron chi connectivity index (χ1n) is 30.0. The predicted octanol–water partition coefficient (Wildman–Crippen LogP) is 16.0. The Morgan fingerprint density at radius 3 is 1.70 bits per heavy atom. The predicted molar refractivity (Wildman–Crippen MR) is 294 cm³/mol. The zero-order valence-corrected chi connectivity index (χ0v) is 47.2. The van der Waals surface area contributed by atoms with Gasteiger partial charge < -0.3 is 43.2 Å². The highest BCUT2D eigenvalue weighted by Gasteiger charge is 2.50. The molecule has 2 aliphatic rings. The Bertz CT molecular complexity index is 1680. The van der Waals surface area contributed by atoms with Gasteiger partial charge in [0.15, 0.2) is 18.2 Å². The summed E-state index contributed by atoms with van der Waals surface area (Å²) in [6, 6.07) is 13.7. The number of aryl methyl sites for hydroxylation is 1. The Labute approximate surface area is 448 Å². The standard InChI is InChI=1S/C62H103F2NO9/c1-7-11-15-16-17-18-19-20-21-25-28-31-34-54-58(74-62(5,6)73-54)53(47-70-61-60(69-46-14-10-4)59(68-45-13-9-3)57(64)55(72-61)48-67-44-12-8-2)65-56(66)35-32-29-26-23-22-24-27-30-33-49-36-40-51(41-37-49)71-52-42-38-50(63)39-43-52/h36-43,53-55,57-61H,7-35,44-48H2,1-6H3,(H,65,66)/t53-,54+,55?,57+,58-,59?,60?,61-/m0/s1. The van der Waals surface area contributed by atoms with E-state index < -0.39 is 48.7 Å². The molecule has 4 rings (SSSR count). The molecule has 8 atom stereocenters. The third-order valence-electron chi connectivity index (χ3n) is 14.4. The largest absolute Gasteiger partial charge is 0.457 e. The third-order valence-corrected chi connectivity index (χ3v) is 14.4. The highest BCUT2D eigenvalue weighted by molar-refractivity contribution is 5.76. The molecule has 2 saturated heterocycles. The summed E-state index contributed by atoms with van der Waals surface area (Å²) in [7, 11) is 0. The Balaban J connectivity index is 1.31. The summed E-state index contributed by atoms with van der Waals surface area (Å²) >= 11 is 0. The molecule has 0 spiro atoms. The van der Waals surface area contributed by atoms with Gasteiger partial charge in [0.05, 0.1) is 25.4 Å². The average molecular weight is 1040 g/mol. The molecule has 0 radical (unpaired) electrons. The van der Waals surface area contributed by atoms with Gasteiger partial charge in [-0.05, 0) is 101 Å². The van der Waals surface area contributed by atoms with E-state index in [2.05, 4.69) is 45.1 Å². The van der Waals surface area contributed by atoms with Crippen LogP contribution in [0.3, 0.4) is 0 Å². The number of halogens is 2. The van der Waals surface area contributed by atoms with Gasteiger partial charge >= 0.3 is 0 Å². The van der Waals surface area contributed by atoms with Crippen molar-refractivity contribution >= 4 is 5.91 Å². The van der Waals surface area contributed by atoms with Crippen LogP contribution in [0.2, 0.25) is 0 Å². The molecule has 1 amide bonds. The van der Waals surface area contributed by atoms with Crippen molar-refractivity contribution in [2.75, 3.05) is 33.0 Å². The molecule has 3 unspecified atom stereocenters.